The van der Waals surface area contributed by atoms with Crippen molar-refractivity contribution in [2.45, 2.75) is 13.5 Å². The number of carboxylic acids is 1. The summed E-state index contributed by atoms with van der Waals surface area (Å²) in [6, 6.07) is 5.90. The summed E-state index contributed by atoms with van der Waals surface area (Å²) in [5.74, 6) is -1.24. The van der Waals surface area contributed by atoms with Crippen LogP contribution in [-0.4, -0.2) is 48.1 Å². The number of carbonyl (C=O) groups is 3. The maximum atomic E-state index is 11.8. The van der Waals surface area contributed by atoms with Gasteiger partial charge < -0.3 is 20.6 Å². The van der Waals surface area contributed by atoms with E-state index in [2.05, 4.69) is 10.6 Å². The molecule has 3 N–H and O–H groups in total. The third-order valence-electron chi connectivity index (χ3n) is 2.74. The molecule has 1 aromatic carbocycles. The van der Waals surface area contributed by atoms with E-state index in [9.17, 15) is 14.4 Å². The van der Waals surface area contributed by atoms with E-state index in [-0.39, 0.29) is 24.0 Å². The first-order valence-corrected chi connectivity index (χ1v) is 6.52. The number of likely N-dealkylation sites (N-methyl/N-ethyl adjacent to an activating group) is 1. The summed E-state index contributed by atoms with van der Waals surface area (Å²) in [6.45, 7) is 2.56. The van der Waals surface area contributed by atoms with E-state index in [1.54, 1.807) is 26.1 Å². The van der Waals surface area contributed by atoms with Gasteiger partial charge in [0.1, 0.15) is 0 Å². The highest BCUT2D eigenvalue weighted by molar-refractivity contribution is 5.87. The molecule has 0 saturated carbocycles. The van der Waals surface area contributed by atoms with Crippen molar-refractivity contribution in [1.82, 2.24) is 15.5 Å². The van der Waals surface area contributed by atoms with Gasteiger partial charge in [-0.15, -0.1) is 0 Å². The van der Waals surface area contributed by atoms with Crippen molar-refractivity contribution in [3.8, 4) is 0 Å². The maximum Gasteiger partial charge on any atom is 0.335 e. The summed E-state index contributed by atoms with van der Waals surface area (Å²) >= 11 is 0. The van der Waals surface area contributed by atoms with E-state index in [0.717, 1.165) is 5.56 Å². The molecule has 1 rings (SSSR count). The van der Waals surface area contributed by atoms with Crippen LogP contribution in [0, 0.1) is 0 Å². The fourth-order valence-corrected chi connectivity index (χ4v) is 1.65. The second kappa shape index (κ2) is 7.88. The highest BCUT2D eigenvalue weighted by atomic mass is 16.4. The molecule has 7 nitrogen and oxygen atoms in total. The minimum atomic E-state index is -0.991. The molecule has 3 amide bonds. The van der Waals surface area contributed by atoms with Crippen LogP contribution in [0.1, 0.15) is 22.8 Å². The average molecular weight is 293 g/mol. The SMILES string of the molecule is CCNC(=O)CNC(=O)N(C)Cc1ccc(C(=O)O)cc1. The van der Waals surface area contributed by atoms with Crippen molar-refractivity contribution in [2.75, 3.05) is 20.1 Å². The molecule has 0 bridgehead atoms. The number of hydrogen-bond acceptors (Lipinski definition) is 3. The quantitative estimate of drug-likeness (QED) is 0.717. The van der Waals surface area contributed by atoms with Gasteiger partial charge in [0.15, 0.2) is 0 Å². The summed E-state index contributed by atoms with van der Waals surface area (Å²) in [5.41, 5.74) is 0.998. The van der Waals surface area contributed by atoms with Crippen LogP contribution in [-0.2, 0) is 11.3 Å². The average Bonchev–Trinajstić information content (AvgIpc) is 2.45. The number of nitrogens with zero attached hydrogens (tertiary/aromatic N) is 1. The number of rotatable bonds is 6. The second-order valence-corrected chi connectivity index (χ2v) is 4.47. The molecular weight excluding hydrogens is 274 g/mol. The van der Waals surface area contributed by atoms with E-state index >= 15 is 0 Å². The van der Waals surface area contributed by atoms with Gasteiger partial charge in [-0.05, 0) is 24.6 Å². The number of nitrogens with one attached hydrogen (secondary N) is 2. The number of urea groups is 1. The van der Waals surface area contributed by atoms with Gasteiger partial charge in [0.2, 0.25) is 5.91 Å². The van der Waals surface area contributed by atoms with Crippen LogP contribution in [0.15, 0.2) is 24.3 Å². The Morgan fingerprint density at radius 2 is 1.76 bits per heavy atom. The Morgan fingerprint density at radius 1 is 1.14 bits per heavy atom. The third-order valence-corrected chi connectivity index (χ3v) is 2.74. The second-order valence-electron chi connectivity index (χ2n) is 4.47. The largest absolute Gasteiger partial charge is 0.478 e. The Bertz CT molecular complexity index is 513. The molecule has 0 heterocycles. The first-order valence-electron chi connectivity index (χ1n) is 6.52. The van der Waals surface area contributed by atoms with Gasteiger partial charge in [-0.2, -0.15) is 0 Å². The summed E-state index contributed by atoms with van der Waals surface area (Å²) in [4.78, 5) is 35.1. The lowest BCUT2D eigenvalue weighted by Gasteiger charge is -2.18. The molecule has 0 saturated heterocycles. The molecule has 0 radical (unpaired) electrons. The minimum Gasteiger partial charge on any atom is -0.478 e. The number of hydrogen-bond donors (Lipinski definition) is 3. The third kappa shape index (κ3) is 5.52. The van der Waals surface area contributed by atoms with Crippen molar-refractivity contribution < 1.29 is 19.5 Å². The summed E-state index contributed by atoms with van der Waals surface area (Å²) in [6.07, 6.45) is 0. The topological polar surface area (TPSA) is 98.7 Å². The van der Waals surface area contributed by atoms with E-state index in [1.165, 1.54) is 17.0 Å². The summed E-state index contributed by atoms with van der Waals surface area (Å²) in [7, 11) is 1.60. The molecule has 114 valence electrons. The van der Waals surface area contributed by atoms with Gasteiger partial charge >= 0.3 is 12.0 Å². The Morgan fingerprint density at radius 3 is 2.29 bits per heavy atom. The van der Waals surface area contributed by atoms with Gasteiger partial charge in [-0.3, -0.25) is 4.79 Å². The van der Waals surface area contributed by atoms with Crippen molar-refractivity contribution in [2.24, 2.45) is 0 Å². The summed E-state index contributed by atoms with van der Waals surface area (Å²) < 4.78 is 0. The lowest BCUT2D eigenvalue weighted by molar-refractivity contribution is -0.120. The van der Waals surface area contributed by atoms with E-state index in [4.69, 9.17) is 5.11 Å². The molecule has 0 aromatic heterocycles. The molecule has 0 aliphatic rings. The Labute approximate surface area is 122 Å². The Kier molecular flexibility index (Phi) is 6.19. The van der Waals surface area contributed by atoms with Crippen molar-refractivity contribution >= 4 is 17.9 Å². The van der Waals surface area contributed by atoms with Gasteiger partial charge in [0, 0.05) is 20.1 Å². The van der Waals surface area contributed by atoms with E-state index < -0.39 is 5.97 Å². The smallest absolute Gasteiger partial charge is 0.335 e. The molecule has 1 aromatic rings. The zero-order valence-electron chi connectivity index (χ0n) is 12.0. The van der Waals surface area contributed by atoms with Crippen LogP contribution in [0.25, 0.3) is 0 Å². The fourth-order valence-electron chi connectivity index (χ4n) is 1.65. The van der Waals surface area contributed by atoms with Gasteiger partial charge in [0.05, 0.1) is 12.1 Å². The van der Waals surface area contributed by atoms with Gasteiger partial charge in [0.25, 0.3) is 0 Å². The molecular formula is C14H19N3O4. The number of aromatic carboxylic acids is 1. The van der Waals surface area contributed by atoms with Crippen LogP contribution in [0.3, 0.4) is 0 Å². The highest BCUT2D eigenvalue weighted by Crippen LogP contribution is 2.07. The number of amides is 3. The molecule has 0 aliphatic carbocycles. The Hall–Kier alpha value is -2.57. The monoisotopic (exact) mass is 293 g/mol. The van der Waals surface area contributed by atoms with Gasteiger partial charge in [-0.25, -0.2) is 9.59 Å². The first kappa shape index (κ1) is 16.5. The predicted molar refractivity (Wildman–Crippen MR) is 77.0 cm³/mol. The van der Waals surface area contributed by atoms with Crippen LogP contribution < -0.4 is 10.6 Å². The molecule has 0 unspecified atom stereocenters. The van der Waals surface area contributed by atoms with Crippen LogP contribution in [0.2, 0.25) is 0 Å². The lowest BCUT2D eigenvalue weighted by atomic mass is 10.1. The molecule has 0 atom stereocenters. The van der Waals surface area contributed by atoms with E-state index in [0.29, 0.717) is 13.1 Å². The highest BCUT2D eigenvalue weighted by Gasteiger charge is 2.10. The molecule has 0 fully saturated rings. The zero-order chi connectivity index (χ0) is 15.8. The normalized spacial score (nSPS) is 9.81. The number of carbonyl (C=O) groups excluding carboxylic acids is 2. The first-order chi connectivity index (χ1) is 9.93. The molecule has 21 heavy (non-hydrogen) atoms. The van der Waals surface area contributed by atoms with Gasteiger partial charge in [-0.1, -0.05) is 12.1 Å². The minimum absolute atomic E-state index is 0.0744. The van der Waals surface area contributed by atoms with Crippen LogP contribution in [0.4, 0.5) is 4.79 Å². The van der Waals surface area contributed by atoms with Crippen molar-refractivity contribution in [3.05, 3.63) is 35.4 Å². The van der Waals surface area contributed by atoms with Crippen LogP contribution in [0.5, 0.6) is 0 Å². The number of benzene rings is 1. The predicted octanol–water partition coefficient (Wildman–Crippen LogP) is 0.662. The van der Waals surface area contributed by atoms with Crippen LogP contribution >= 0.6 is 0 Å². The maximum absolute atomic E-state index is 11.8. The Balaban J connectivity index is 2.48. The molecule has 7 heteroatoms. The molecule has 0 spiro atoms. The fraction of sp³-hybridized carbons (Fsp3) is 0.357. The van der Waals surface area contributed by atoms with E-state index in [1.807, 2.05) is 0 Å². The van der Waals surface area contributed by atoms with Crippen molar-refractivity contribution in [3.63, 3.8) is 0 Å². The standard InChI is InChI=1S/C14H19N3O4/c1-3-15-12(18)8-16-14(21)17(2)9-10-4-6-11(7-5-10)13(19)20/h4-7H,3,8-9H2,1-2H3,(H,15,18)(H,16,21)(H,19,20). The number of carboxylic acid groups (broad SMARTS) is 1. The van der Waals surface area contributed by atoms with Crippen molar-refractivity contribution in [1.29, 1.82) is 0 Å². The molecule has 0 aliphatic heterocycles. The zero-order valence-corrected chi connectivity index (χ0v) is 12.0. The lowest BCUT2D eigenvalue weighted by Crippen LogP contribution is -2.42. The summed E-state index contributed by atoms with van der Waals surface area (Å²) in [5, 5.41) is 13.9.